The van der Waals surface area contributed by atoms with Crippen molar-refractivity contribution in [3.05, 3.63) is 90.0 Å². The third-order valence-electron chi connectivity index (χ3n) is 8.23. The number of benzene rings is 4. The summed E-state index contributed by atoms with van der Waals surface area (Å²) in [6, 6.07) is 24.4. The SMILES string of the molecule is COc1cccc(-c2ccc(O)c(-c3nc4ccc(C(=O)Nc5ccc(CCN6CCN(C)CC6)cc5)cc4[nH]3)c2)c1OC. The van der Waals surface area contributed by atoms with E-state index in [1.165, 1.54) is 5.56 Å². The van der Waals surface area contributed by atoms with Crippen molar-refractivity contribution in [3.63, 3.8) is 0 Å². The van der Waals surface area contributed by atoms with Crippen molar-refractivity contribution in [2.45, 2.75) is 6.42 Å². The largest absolute Gasteiger partial charge is 0.507 e. The molecule has 1 saturated heterocycles. The highest BCUT2D eigenvalue weighted by molar-refractivity contribution is 6.06. The van der Waals surface area contributed by atoms with Crippen LogP contribution in [-0.4, -0.2) is 84.8 Å². The van der Waals surface area contributed by atoms with Gasteiger partial charge in [-0.3, -0.25) is 4.79 Å². The molecule has 4 aromatic carbocycles. The number of aromatic hydroxyl groups is 1. The van der Waals surface area contributed by atoms with Crippen LogP contribution in [0, 0.1) is 0 Å². The Morgan fingerprint density at radius 2 is 1.73 bits per heavy atom. The molecule has 44 heavy (non-hydrogen) atoms. The summed E-state index contributed by atoms with van der Waals surface area (Å²) in [5.41, 5.74) is 6.07. The molecule has 226 valence electrons. The predicted octanol–water partition coefficient (Wildman–Crippen LogP) is 5.66. The Balaban J connectivity index is 1.16. The van der Waals surface area contributed by atoms with Crippen LogP contribution in [0.15, 0.2) is 78.9 Å². The summed E-state index contributed by atoms with van der Waals surface area (Å²) in [5.74, 6) is 1.59. The number of ether oxygens (including phenoxy) is 2. The van der Waals surface area contributed by atoms with Gasteiger partial charge in [0.25, 0.3) is 5.91 Å². The van der Waals surface area contributed by atoms with Gasteiger partial charge in [0.15, 0.2) is 11.5 Å². The van der Waals surface area contributed by atoms with E-state index < -0.39 is 0 Å². The molecule has 0 spiro atoms. The molecule has 1 aliphatic heterocycles. The number of nitrogens with zero attached hydrogens (tertiary/aromatic N) is 3. The fraction of sp³-hybridized carbons (Fsp3) is 0.257. The minimum absolute atomic E-state index is 0.0830. The molecule has 0 unspecified atom stereocenters. The molecule has 9 nitrogen and oxygen atoms in total. The van der Waals surface area contributed by atoms with Crippen LogP contribution in [0.2, 0.25) is 0 Å². The lowest BCUT2D eigenvalue weighted by Crippen LogP contribution is -2.45. The number of fused-ring (bicyclic) bond motifs is 1. The number of likely N-dealkylation sites (N-methyl/N-ethyl adjacent to an activating group) is 1. The first-order valence-electron chi connectivity index (χ1n) is 14.8. The van der Waals surface area contributed by atoms with Gasteiger partial charge in [-0.15, -0.1) is 0 Å². The molecule has 0 bridgehead atoms. The maximum atomic E-state index is 13.1. The minimum Gasteiger partial charge on any atom is -0.507 e. The summed E-state index contributed by atoms with van der Waals surface area (Å²) >= 11 is 0. The number of methoxy groups -OCH3 is 2. The van der Waals surface area contributed by atoms with Crippen LogP contribution in [0.3, 0.4) is 0 Å². The van der Waals surface area contributed by atoms with Gasteiger partial charge >= 0.3 is 0 Å². The monoisotopic (exact) mass is 591 g/mol. The molecule has 1 aromatic heterocycles. The van der Waals surface area contributed by atoms with E-state index in [9.17, 15) is 9.90 Å². The van der Waals surface area contributed by atoms with Crippen molar-refractivity contribution in [3.8, 4) is 39.8 Å². The number of aromatic amines is 1. The fourth-order valence-corrected chi connectivity index (χ4v) is 5.60. The molecule has 0 saturated carbocycles. The summed E-state index contributed by atoms with van der Waals surface area (Å²) < 4.78 is 11.1. The summed E-state index contributed by atoms with van der Waals surface area (Å²) in [6.45, 7) is 5.50. The van der Waals surface area contributed by atoms with Crippen LogP contribution < -0.4 is 14.8 Å². The summed E-state index contributed by atoms with van der Waals surface area (Å²) in [6.07, 6.45) is 0.988. The number of nitrogens with one attached hydrogen (secondary N) is 2. The number of carbonyl (C=O) groups is 1. The highest BCUT2D eigenvalue weighted by Gasteiger charge is 2.17. The number of hydrogen-bond acceptors (Lipinski definition) is 7. The van der Waals surface area contributed by atoms with Crippen molar-refractivity contribution < 1.29 is 19.4 Å². The van der Waals surface area contributed by atoms with E-state index in [0.717, 1.165) is 56.0 Å². The predicted molar refractivity (Wildman–Crippen MR) is 174 cm³/mol. The van der Waals surface area contributed by atoms with Gasteiger partial charge in [-0.05, 0) is 73.1 Å². The topological polar surface area (TPSA) is 103 Å². The smallest absolute Gasteiger partial charge is 0.255 e. The van der Waals surface area contributed by atoms with Gasteiger partial charge < -0.3 is 34.7 Å². The maximum absolute atomic E-state index is 13.1. The Labute approximate surface area is 257 Å². The summed E-state index contributed by atoms with van der Waals surface area (Å²) in [4.78, 5) is 26.0. The Kier molecular flexibility index (Phi) is 8.49. The number of anilines is 1. The van der Waals surface area contributed by atoms with E-state index >= 15 is 0 Å². The van der Waals surface area contributed by atoms with Crippen LogP contribution in [0.4, 0.5) is 5.69 Å². The molecule has 3 N–H and O–H groups in total. The maximum Gasteiger partial charge on any atom is 0.255 e. The number of H-pyrrole nitrogens is 1. The van der Waals surface area contributed by atoms with Crippen molar-refractivity contribution >= 4 is 22.6 Å². The molecule has 1 fully saturated rings. The van der Waals surface area contributed by atoms with Gasteiger partial charge in [-0.25, -0.2) is 4.98 Å². The Bertz CT molecular complexity index is 1770. The lowest BCUT2D eigenvalue weighted by Gasteiger charge is -2.32. The van der Waals surface area contributed by atoms with E-state index in [2.05, 4.69) is 39.3 Å². The number of phenolic OH excluding ortho intramolecular Hbond substituents is 1. The van der Waals surface area contributed by atoms with Crippen molar-refractivity contribution in [2.75, 3.05) is 59.3 Å². The van der Waals surface area contributed by atoms with Gasteiger partial charge in [0.1, 0.15) is 11.6 Å². The Hall–Kier alpha value is -4.86. The van der Waals surface area contributed by atoms with E-state index in [4.69, 9.17) is 14.5 Å². The van der Waals surface area contributed by atoms with E-state index in [1.807, 2.05) is 42.5 Å². The number of para-hydroxylation sites is 1. The molecular weight excluding hydrogens is 554 g/mol. The number of aromatic nitrogens is 2. The molecule has 5 aromatic rings. The van der Waals surface area contributed by atoms with Crippen molar-refractivity contribution in [1.29, 1.82) is 0 Å². The Morgan fingerprint density at radius 3 is 2.48 bits per heavy atom. The highest BCUT2D eigenvalue weighted by atomic mass is 16.5. The zero-order valence-corrected chi connectivity index (χ0v) is 25.3. The second kappa shape index (κ2) is 12.8. The van der Waals surface area contributed by atoms with Crippen LogP contribution in [0.25, 0.3) is 33.5 Å². The molecule has 2 heterocycles. The number of imidazole rings is 1. The number of phenols is 1. The quantitative estimate of drug-likeness (QED) is 0.203. The first kappa shape index (κ1) is 29.2. The van der Waals surface area contributed by atoms with Gasteiger partial charge in [0.05, 0.1) is 30.8 Å². The third kappa shape index (κ3) is 6.24. The average Bonchev–Trinajstić information content (AvgIpc) is 3.48. The fourth-order valence-electron chi connectivity index (χ4n) is 5.60. The number of carbonyl (C=O) groups excluding carboxylic acids is 1. The number of amides is 1. The van der Waals surface area contributed by atoms with E-state index in [0.29, 0.717) is 39.5 Å². The van der Waals surface area contributed by atoms with Gasteiger partial charge in [-0.1, -0.05) is 30.3 Å². The molecule has 9 heteroatoms. The lowest BCUT2D eigenvalue weighted by molar-refractivity contribution is 0.102. The molecule has 6 rings (SSSR count). The molecule has 0 atom stereocenters. The number of piperazine rings is 1. The average molecular weight is 592 g/mol. The van der Waals surface area contributed by atoms with Crippen LogP contribution in [-0.2, 0) is 6.42 Å². The molecule has 0 aliphatic carbocycles. The van der Waals surface area contributed by atoms with E-state index in [-0.39, 0.29) is 11.7 Å². The second-order valence-corrected chi connectivity index (χ2v) is 11.1. The molecule has 1 aliphatic rings. The molecular formula is C35H37N5O4. The van der Waals surface area contributed by atoms with Gasteiger partial charge in [0.2, 0.25) is 0 Å². The highest BCUT2D eigenvalue weighted by Crippen LogP contribution is 2.40. The van der Waals surface area contributed by atoms with Crippen LogP contribution in [0.5, 0.6) is 17.2 Å². The van der Waals surface area contributed by atoms with E-state index in [1.54, 1.807) is 38.5 Å². The van der Waals surface area contributed by atoms with Crippen LogP contribution >= 0.6 is 0 Å². The standard InChI is InChI=1S/C35H37N5O4/c1-39-17-19-40(20-18-39)16-15-23-7-11-26(12-8-23)36-35(42)25-9-13-29-30(22-25)38-34(37-29)28-21-24(10-14-31(28)41)27-5-4-6-32(43-2)33(27)44-3/h4-14,21-22,41H,15-20H2,1-3H3,(H,36,42)(H,37,38). The minimum atomic E-state index is -0.205. The summed E-state index contributed by atoms with van der Waals surface area (Å²) in [5, 5.41) is 13.7. The molecule has 0 radical (unpaired) electrons. The van der Waals surface area contributed by atoms with Crippen molar-refractivity contribution in [1.82, 2.24) is 19.8 Å². The van der Waals surface area contributed by atoms with Gasteiger partial charge in [0, 0.05) is 49.5 Å². The normalized spacial score (nSPS) is 14.1. The molecule has 1 amide bonds. The third-order valence-corrected chi connectivity index (χ3v) is 8.23. The zero-order chi connectivity index (χ0) is 30.6. The van der Waals surface area contributed by atoms with Crippen molar-refractivity contribution in [2.24, 2.45) is 0 Å². The first-order valence-corrected chi connectivity index (χ1v) is 14.8. The van der Waals surface area contributed by atoms with Crippen LogP contribution in [0.1, 0.15) is 15.9 Å². The number of rotatable bonds is 9. The zero-order valence-electron chi connectivity index (χ0n) is 25.3. The van der Waals surface area contributed by atoms with Gasteiger partial charge in [-0.2, -0.15) is 0 Å². The first-order chi connectivity index (χ1) is 21.4. The second-order valence-electron chi connectivity index (χ2n) is 11.1. The summed E-state index contributed by atoms with van der Waals surface area (Å²) in [7, 11) is 5.36. The lowest BCUT2D eigenvalue weighted by atomic mass is 10.0. The Morgan fingerprint density at radius 1 is 0.932 bits per heavy atom. The number of hydrogen-bond donors (Lipinski definition) is 3.